The van der Waals surface area contributed by atoms with Crippen molar-refractivity contribution in [3.05, 3.63) is 0 Å². The van der Waals surface area contributed by atoms with E-state index in [0.717, 1.165) is 5.92 Å². The fraction of sp³-hybridized carbons (Fsp3) is 0.917. The molecule has 1 rings (SSSR count). The van der Waals surface area contributed by atoms with Gasteiger partial charge in [-0.3, -0.25) is 4.79 Å². The molecule has 3 atom stereocenters. The van der Waals surface area contributed by atoms with Crippen LogP contribution in [0.2, 0.25) is 0 Å². The Kier molecular flexibility index (Phi) is 5.09. The van der Waals surface area contributed by atoms with Crippen LogP contribution in [0.3, 0.4) is 0 Å². The zero-order chi connectivity index (χ0) is 11.3. The summed E-state index contributed by atoms with van der Waals surface area (Å²) in [5.41, 5.74) is 0. The molecule has 0 heterocycles. The summed E-state index contributed by atoms with van der Waals surface area (Å²) < 4.78 is 0. The molecule has 1 saturated carbocycles. The van der Waals surface area contributed by atoms with E-state index in [0.29, 0.717) is 18.9 Å². The third kappa shape index (κ3) is 5.17. The molecule has 0 aliphatic heterocycles. The van der Waals surface area contributed by atoms with Gasteiger partial charge in [-0.25, -0.2) is 0 Å². The lowest BCUT2D eigenvalue weighted by Crippen LogP contribution is -2.32. The Morgan fingerprint density at radius 1 is 1.53 bits per heavy atom. The number of aliphatic hydroxyl groups excluding tert-OH is 1. The van der Waals surface area contributed by atoms with Gasteiger partial charge in [0, 0.05) is 13.0 Å². The van der Waals surface area contributed by atoms with Crippen molar-refractivity contribution in [2.75, 3.05) is 6.54 Å². The number of aliphatic hydroxyl groups is 1. The van der Waals surface area contributed by atoms with Crippen LogP contribution in [0.25, 0.3) is 0 Å². The summed E-state index contributed by atoms with van der Waals surface area (Å²) in [6.07, 6.45) is 5.13. The SMILES string of the molecule is CC(O)CNC(=O)CC1CCCC(C)C1. The van der Waals surface area contributed by atoms with Crippen LogP contribution in [0.15, 0.2) is 0 Å². The van der Waals surface area contributed by atoms with Crippen LogP contribution in [0.1, 0.15) is 46.0 Å². The summed E-state index contributed by atoms with van der Waals surface area (Å²) in [6.45, 7) is 4.32. The summed E-state index contributed by atoms with van der Waals surface area (Å²) >= 11 is 0. The van der Waals surface area contributed by atoms with E-state index in [-0.39, 0.29) is 5.91 Å². The molecule has 1 amide bonds. The average molecular weight is 213 g/mol. The van der Waals surface area contributed by atoms with Crippen LogP contribution in [0.5, 0.6) is 0 Å². The number of amides is 1. The van der Waals surface area contributed by atoms with Gasteiger partial charge in [0.1, 0.15) is 0 Å². The molecule has 2 N–H and O–H groups in total. The topological polar surface area (TPSA) is 49.3 Å². The predicted octanol–water partition coefficient (Wildman–Crippen LogP) is 1.70. The number of carbonyl (C=O) groups excluding carboxylic acids is 1. The second-order valence-electron chi connectivity index (χ2n) is 5.00. The standard InChI is InChI=1S/C12H23NO2/c1-9-4-3-5-11(6-9)7-12(15)13-8-10(2)14/h9-11,14H,3-8H2,1-2H3,(H,13,15). The summed E-state index contributed by atoms with van der Waals surface area (Å²) in [6, 6.07) is 0. The maximum absolute atomic E-state index is 11.5. The first-order valence-electron chi connectivity index (χ1n) is 6.02. The second kappa shape index (κ2) is 6.11. The average Bonchev–Trinajstić information content (AvgIpc) is 2.15. The number of hydrogen-bond donors (Lipinski definition) is 2. The van der Waals surface area contributed by atoms with E-state index in [1.807, 2.05) is 0 Å². The highest BCUT2D eigenvalue weighted by molar-refractivity contribution is 5.76. The van der Waals surface area contributed by atoms with Crippen LogP contribution < -0.4 is 5.32 Å². The van der Waals surface area contributed by atoms with Gasteiger partial charge in [0.15, 0.2) is 0 Å². The fourth-order valence-electron chi connectivity index (χ4n) is 2.34. The Bertz CT molecular complexity index is 204. The van der Waals surface area contributed by atoms with Crippen molar-refractivity contribution in [1.29, 1.82) is 0 Å². The summed E-state index contributed by atoms with van der Waals surface area (Å²) in [5.74, 6) is 1.42. The maximum atomic E-state index is 11.5. The molecule has 0 aromatic carbocycles. The summed E-state index contributed by atoms with van der Waals surface area (Å²) in [7, 11) is 0. The molecule has 0 aromatic heterocycles. The van der Waals surface area contributed by atoms with E-state index in [2.05, 4.69) is 12.2 Å². The lowest BCUT2D eigenvalue weighted by Gasteiger charge is -2.26. The minimum atomic E-state index is -0.445. The van der Waals surface area contributed by atoms with Gasteiger partial charge in [-0.15, -0.1) is 0 Å². The zero-order valence-electron chi connectivity index (χ0n) is 9.83. The first-order chi connectivity index (χ1) is 7.08. The van der Waals surface area contributed by atoms with Crippen LogP contribution in [-0.2, 0) is 4.79 Å². The molecule has 1 fully saturated rings. The smallest absolute Gasteiger partial charge is 0.220 e. The van der Waals surface area contributed by atoms with Crippen molar-refractivity contribution in [2.45, 2.75) is 52.1 Å². The monoisotopic (exact) mass is 213 g/mol. The van der Waals surface area contributed by atoms with Gasteiger partial charge in [-0.1, -0.05) is 19.8 Å². The number of rotatable bonds is 4. The Balaban J connectivity index is 2.19. The molecule has 3 nitrogen and oxygen atoms in total. The van der Waals surface area contributed by atoms with Crippen LogP contribution >= 0.6 is 0 Å². The van der Waals surface area contributed by atoms with Crippen molar-refractivity contribution in [3.8, 4) is 0 Å². The highest BCUT2D eigenvalue weighted by Crippen LogP contribution is 2.30. The molecule has 0 radical (unpaired) electrons. The fourth-order valence-corrected chi connectivity index (χ4v) is 2.34. The van der Waals surface area contributed by atoms with Crippen molar-refractivity contribution in [3.63, 3.8) is 0 Å². The Morgan fingerprint density at radius 3 is 2.87 bits per heavy atom. The molecule has 1 aliphatic carbocycles. The van der Waals surface area contributed by atoms with Crippen molar-refractivity contribution in [1.82, 2.24) is 5.32 Å². The van der Waals surface area contributed by atoms with Gasteiger partial charge >= 0.3 is 0 Å². The van der Waals surface area contributed by atoms with Gasteiger partial charge < -0.3 is 10.4 Å². The van der Waals surface area contributed by atoms with Gasteiger partial charge in [0.25, 0.3) is 0 Å². The maximum Gasteiger partial charge on any atom is 0.220 e. The second-order valence-corrected chi connectivity index (χ2v) is 5.00. The van der Waals surface area contributed by atoms with E-state index in [1.165, 1.54) is 25.7 Å². The molecule has 0 bridgehead atoms. The van der Waals surface area contributed by atoms with Crippen molar-refractivity contribution in [2.24, 2.45) is 11.8 Å². The lowest BCUT2D eigenvalue weighted by molar-refractivity contribution is -0.122. The molecule has 15 heavy (non-hydrogen) atoms. The van der Waals surface area contributed by atoms with E-state index in [9.17, 15) is 4.79 Å². The Labute approximate surface area is 92.3 Å². The predicted molar refractivity (Wildman–Crippen MR) is 60.4 cm³/mol. The Hall–Kier alpha value is -0.570. The van der Waals surface area contributed by atoms with E-state index < -0.39 is 6.10 Å². The first-order valence-corrected chi connectivity index (χ1v) is 6.02. The minimum absolute atomic E-state index is 0.0926. The van der Waals surface area contributed by atoms with Gasteiger partial charge in [-0.05, 0) is 31.6 Å². The van der Waals surface area contributed by atoms with Crippen LogP contribution in [0, 0.1) is 11.8 Å². The third-order valence-electron chi connectivity index (χ3n) is 3.11. The first kappa shape index (κ1) is 12.5. The molecular formula is C12H23NO2. The molecule has 0 aromatic rings. The molecule has 0 spiro atoms. The number of nitrogens with one attached hydrogen (secondary N) is 1. The molecule has 3 unspecified atom stereocenters. The van der Waals surface area contributed by atoms with Crippen molar-refractivity contribution < 1.29 is 9.90 Å². The summed E-state index contributed by atoms with van der Waals surface area (Å²) in [5, 5.41) is 11.8. The molecule has 0 saturated heterocycles. The van der Waals surface area contributed by atoms with Crippen LogP contribution in [-0.4, -0.2) is 23.7 Å². The van der Waals surface area contributed by atoms with Gasteiger partial charge in [0.05, 0.1) is 6.10 Å². The Morgan fingerprint density at radius 2 is 2.27 bits per heavy atom. The highest BCUT2D eigenvalue weighted by atomic mass is 16.3. The van der Waals surface area contributed by atoms with E-state index in [1.54, 1.807) is 6.92 Å². The number of hydrogen-bond acceptors (Lipinski definition) is 2. The third-order valence-corrected chi connectivity index (χ3v) is 3.11. The minimum Gasteiger partial charge on any atom is -0.392 e. The molecule has 88 valence electrons. The largest absolute Gasteiger partial charge is 0.392 e. The quantitative estimate of drug-likeness (QED) is 0.746. The molecule has 1 aliphatic rings. The van der Waals surface area contributed by atoms with E-state index >= 15 is 0 Å². The lowest BCUT2D eigenvalue weighted by atomic mass is 9.81. The van der Waals surface area contributed by atoms with Crippen molar-refractivity contribution >= 4 is 5.91 Å². The summed E-state index contributed by atoms with van der Waals surface area (Å²) in [4.78, 5) is 11.5. The number of carbonyl (C=O) groups is 1. The normalized spacial score (nSPS) is 28.5. The zero-order valence-corrected chi connectivity index (χ0v) is 9.83. The molecular weight excluding hydrogens is 190 g/mol. The van der Waals surface area contributed by atoms with Gasteiger partial charge in [0.2, 0.25) is 5.91 Å². The van der Waals surface area contributed by atoms with Gasteiger partial charge in [-0.2, -0.15) is 0 Å². The van der Waals surface area contributed by atoms with E-state index in [4.69, 9.17) is 5.11 Å². The highest BCUT2D eigenvalue weighted by Gasteiger charge is 2.21. The van der Waals surface area contributed by atoms with Crippen LogP contribution in [0.4, 0.5) is 0 Å². The molecule has 3 heteroatoms.